The summed E-state index contributed by atoms with van der Waals surface area (Å²) in [5, 5.41) is 0.128. The third-order valence-corrected chi connectivity index (χ3v) is 6.27. The van der Waals surface area contributed by atoms with Crippen LogP contribution < -0.4 is 9.64 Å². The van der Waals surface area contributed by atoms with Crippen LogP contribution in [0.4, 0.5) is 5.82 Å². The second kappa shape index (κ2) is 9.56. The van der Waals surface area contributed by atoms with Crippen molar-refractivity contribution >= 4 is 39.6 Å². The lowest BCUT2D eigenvalue weighted by Crippen LogP contribution is -2.41. The molecule has 7 nitrogen and oxygen atoms in total. The van der Waals surface area contributed by atoms with Crippen molar-refractivity contribution in [1.29, 1.82) is 0 Å². The Morgan fingerprint density at radius 3 is 2.62 bits per heavy atom. The van der Waals surface area contributed by atoms with E-state index in [1.807, 2.05) is 11.0 Å². The molecule has 1 fully saturated rings. The van der Waals surface area contributed by atoms with E-state index in [9.17, 15) is 4.55 Å². The number of rotatable bonds is 7. The molecule has 29 heavy (non-hydrogen) atoms. The number of aromatic nitrogens is 4. The minimum absolute atomic E-state index is 0.128. The number of unbranched alkanes of at least 4 members (excludes halogenated alkanes) is 1. The average molecular weight is 432 g/mol. The summed E-state index contributed by atoms with van der Waals surface area (Å²) in [6, 6.07) is 10.4. The highest BCUT2D eigenvalue weighted by molar-refractivity contribution is 7.91. The van der Waals surface area contributed by atoms with E-state index < -0.39 is 11.2 Å². The van der Waals surface area contributed by atoms with Gasteiger partial charge in [-0.3, -0.25) is 0 Å². The summed E-state index contributed by atoms with van der Waals surface area (Å²) in [4.78, 5) is 19.4. The summed E-state index contributed by atoms with van der Waals surface area (Å²) < 4.78 is 17.6. The standard InChI is InChI=1S/C20H22ClN5O2S/c21-20-24-17-16(18(25-20)26-9-12-29(27)13-10-26)22-14-23-19(17)28-11-5-4-8-15-6-2-1-3-7-15/h1-3,6-7,14H,4-5,8-13H2. The first-order chi connectivity index (χ1) is 14.2. The molecule has 0 N–H and O–H groups in total. The third kappa shape index (κ3) is 5.07. The fraction of sp³-hybridized carbons (Fsp3) is 0.400. The van der Waals surface area contributed by atoms with Crippen LogP contribution in [-0.2, 0) is 17.6 Å². The van der Waals surface area contributed by atoms with E-state index in [0.29, 0.717) is 53.9 Å². The van der Waals surface area contributed by atoms with Crippen LogP contribution in [0.25, 0.3) is 11.0 Å². The number of halogens is 1. The van der Waals surface area contributed by atoms with Gasteiger partial charge in [0, 0.05) is 0 Å². The zero-order valence-electron chi connectivity index (χ0n) is 16.0. The van der Waals surface area contributed by atoms with Gasteiger partial charge in [-0.15, -0.1) is 0 Å². The smallest absolute Gasteiger partial charge is 0.243 e. The average Bonchev–Trinajstić information content (AvgIpc) is 2.74. The molecule has 1 aliphatic rings. The van der Waals surface area contributed by atoms with E-state index in [1.54, 1.807) is 0 Å². The van der Waals surface area contributed by atoms with Crippen LogP contribution in [0.1, 0.15) is 18.4 Å². The van der Waals surface area contributed by atoms with Crippen LogP contribution in [0.5, 0.6) is 5.88 Å². The van der Waals surface area contributed by atoms with Crippen molar-refractivity contribution < 1.29 is 9.29 Å². The fourth-order valence-electron chi connectivity index (χ4n) is 3.31. The van der Waals surface area contributed by atoms with Gasteiger partial charge in [-0.05, 0) is 36.4 Å². The molecular weight excluding hydrogens is 410 g/mol. The van der Waals surface area contributed by atoms with Crippen LogP contribution in [-0.4, -0.2) is 55.7 Å². The number of ether oxygens (including phenoxy) is 1. The molecule has 0 atom stereocenters. The second-order valence-electron chi connectivity index (χ2n) is 6.82. The minimum atomic E-state index is -0.774. The highest BCUT2D eigenvalue weighted by atomic mass is 35.5. The molecule has 4 rings (SSSR count). The van der Waals surface area contributed by atoms with Gasteiger partial charge in [0.1, 0.15) is 23.3 Å². The maximum atomic E-state index is 11.7. The van der Waals surface area contributed by atoms with E-state index in [-0.39, 0.29) is 5.28 Å². The second-order valence-corrected chi connectivity index (χ2v) is 8.85. The molecule has 0 spiro atoms. The first-order valence-electron chi connectivity index (χ1n) is 9.65. The minimum Gasteiger partial charge on any atom is -0.616 e. The molecule has 0 saturated carbocycles. The Morgan fingerprint density at radius 1 is 1.03 bits per heavy atom. The lowest BCUT2D eigenvalue weighted by atomic mass is 10.1. The van der Waals surface area contributed by atoms with Gasteiger partial charge >= 0.3 is 0 Å². The first-order valence-corrected chi connectivity index (χ1v) is 11.5. The van der Waals surface area contributed by atoms with Crippen molar-refractivity contribution in [2.45, 2.75) is 19.3 Å². The summed E-state index contributed by atoms with van der Waals surface area (Å²) in [6.45, 7) is 1.84. The summed E-state index contributed by atoms with van der Waals surface area (Å²) in [7, 11) is 0. The number of hydrogen-bond donors (Lipinski definition) is 0. The Hall–Kier alpha value is -2.16. The zero-order chi connectivity index (χ0) is 20.1. The number of fused-ring (bicyclic) bond motifs is 1. The topological polar surface area (TPSA) is 87.1 Å². The van der Waals surface area contributed by atoms with Gasteiger partial charge in [0.05, 0.1) is 19.7 Å². The normalized spacial score (nSPS) is 15.0. The zero-order valence-corrected chi connectivity index (χ0v) is 17.5. The summed E-state index contributed by atoms with van der Waals surface area (Å²) in [5.74, 6) is 2.28. The van der Waals surface area contributed by atoms with Crippen LogP contribution >= 0.6 is 11.6 Å². The Kier molecular flexibility index (Phi) is 6.63. The highest BCUT2D eigenvalue weighted by Gasteiger charge is 2.24. The number of aryl methyl sites for hydroxylation is 1. The maximum absolute atomic E-state index is 11.7. The van der Waals surface area contributed by atoms with Gasteiger partial charge in [0.2, 0.25) is 11.2 Å². The number of hydrogen-bond acceptors (Lipinski definition) is 7. The SMILES string of the molecule is [O-][S+]1CCN(c2nc(Cl)nc3c(OCCCCc4ccccc4)ncnc23)CC1. The van der Waals surface area contributed by atoms with Gasteiger partial charge in [-0.1, -0.05) is 41.5 Å². The van der Waals surface area contributed by atoms with Crippen LogP contribution in [0.2, 0.25) is 5.28 Å². The van der Waals surface area contributed by atoms with Crippen molar-refractivity contribution in [1.82, 2.24) is 19.9 Å². The molecule has 0 bridgehead atoms. The largest absolute Gasteiger partial charge is 0.616 e. The van der Waals surface area contributed by atoms with Gasteiger partial charge in [0.25, 0.3) is 0 Å². The molecular formula is C20H22ClN5O2S. The van der Waals surface area contributed by atoms with E-state index in [0.717, 1.165) is 19.3 Å². The van der Waals surface area contributed by atoms with E-state index in [2.05, 4.69) is 44.2 Å². The molecule has 1 aromatic carbocycles. The molecule has 0 radical (unpaired) electrons. The molecule has 9 heteroatoms. The van der Waals surface area contributed by atoms with Gasteiger partial charge < -0.3 is 14.2 Å². The first kappa shape index (κ1) is 20.1. The molecule has 3 aromatic rings. The van der Waals surface area contributed by atoms with Gasteiger partial charge in [-0.2, -0.15) is 9.97 Å². The van der Waals surface area contributed by atoms with Crippen molar-refractivity contribution in [3.05, 3.63) is 47.5 Å². The van der Waals surface area contributed by atoms with Crippen molar-refractivity contribution in [2.24, 2.45) is 0 Å². The molecule has 152 valence electrons. The van der Waals surface area contributed by atoms with Gasteiger partial charge in [0.15, 0.2) is 11.3 Å². The summed E-state index contributed by atoms with van der Waals surface area (Å²) in [5.41, 5.74) is 2.44. The van der Waals surface area contributed by atoms with Crippen molar-refractivity contribution in [3.63, 3.8) is 0 Å². The Bertz CT molecular complexity index is 954. The lowest BCUT2D eigenvalue weighted by Gasteiger charge is -2.29. The van der Waals surface area contributed by atoms with Crippen molar-refractivity contribution in [3.8, 4) is 5.88 Å². The summed E-state index contributed by atoms with van der Waals surface area (Å²) >= 11 is 5.40. The number of anilines is 1. The van der Waals surface area contributed by atoms with E-state index in [1.165, 1.54) is 11.9 Å². The highest BCUT2D eigenvalue weighted by Crippen LogP contribution is 2.29. The predicted molar refractivity (Wildman–Crippen MR) is 115 cm³/mol. The summed E-state index contributed by atoms with van der Waals surface area (Å²) in [6.07, 6.45) is 4.41. The molecule has 0 aliphatic carbocycles. The maximum Gasteiger partial charge on any atom is 0.243 e. The Labute approximate surface area is 177 Å². The fourth-order valence-corrected chi connectivity index (χ4v) is 4.52. The van der Waals surface area contributed by atoms with Crippen LogP contribution in [0.15, 0.2) is 36.7 Å². The Balaban J connectivity index is 1.44. The van der Waals surface area contributed by atoms with Gasteiger partial charge in [-0.25, -0.2) is 9.97 Å². The quantitative estimate of drug-likeness (QED) is 0.322. The molecule has 3 heterocycles. The number of benzene rings is 1. The molecule has 1 saturated heterocycles. The number of nitrogens with zero attached hydrogens (tertiary/aromatic N) is 5. The molecule has 1 aliphatic heterocycles. The molecule has 2 aromatic heterocycles. The monoisotopic (exact) mass is 431 g/mol. The van der Waals surface area contributed by atoms with E-state index >= 15 is 0 Å². The molecule has 0 amide bonds. The van der Waals surface area contributed by atoms with Crippen LogP contribution in [0.3, 0.4) is 0 Å². The van der Waals surface area contributed by atoms with Crippen molar-refractivity contribution in [2.75, 3.05) is 36.1 Å². The van der Waals surface area contributed by atoms with Crippen LogP contribution in [0, 0.1) is 0 Å². The predicted octanol–water partition coefficient (Wildman–Crippen LogP) is 3.04. The Morgan fingerprint density at radius 2 is 1.83 bits per heavy atom. The third-order valence-electron chi connectivity index (χ3n) is 4.82. The lowest BCUT2D eigenvalue weighted by molar-refractivity contribution is 0.298. The van der Waals surface area contributed by atoms with E-state index in [4.69, 9.17) is 16.3 Å². The molecule has 0 unspecified atom stereocenters.